The number of nitrogens with zero attached hydrogens (tertiary/aromatic N) is 1. The number of hydrogen-bond acceptors (Lipinski definition) is 3. The molecule has 4 nitrogen and oxygen atoms in total. The highest BCUT2D eigenvalue weighted by molar-refractivity contribution is 5.79. The second-order valence-electron chi connectivity index (χ2n) is 5.70. The minimum atomic E-state index is 0.146. The molecule has 0 spiro atoms. The van der Waals surface area contributed by atoms with Crippen molar-refractivity contribution in [3.63, 3.8) is 0 Å². The first-order valence-corrected chi connectivity index (χ1v) is 8.01. The van der Waals surface area contributed by atoms with Crippen molar-refractivity contribution in [1.82, 2.24) is 10.6 Å². The quantitative estimate of drug-likeness (QED) is 0.841. The zero-order chi connectivity index (χ0) is 15.1. The van der Waals surface area contributed by atoms with Gasteiger partial charge in [-0.15, -0.1) is 0 Å². The lowest BCUT2D eigenvalue weighted by molar-refractivity contribution is -0.125. The molecule has 1 saturated heterocycles. The van der Waals surface area contributed by atoms with E-state index in [0.717, 1.165) is 39.0 Å². The number of para-hydroxylation sites is 1. The minimum Gasteiger partial charge on any atom is -0.370 e. The number of hydrogen-bond donors (Lipinski definition) is 2. The predicted octanol–water partition coefficient (Wildman–Crippen LogP) is 1.94. The first kappa shape index (κ1) is 15.8. The smallest absolute Gasteiger partial charge is 0.224 e. The molecule has 0 bridgehead atoms. The number of piperidine rings is 1. The maximum Gasteiger partial charge on any atom is 0.224 e. The molecule has 0 saturated carbocycles. The number of likely N-dealkylation sites (N-methyl/N-ethyl adjacent to an activating group) is 1. The molecule has 1 amide bonds. The summed E-state index contributed by atoms with van der Waals surface area (Å²) in [6, 6.07) is 8.40. The van der Waals surface area contributed by atoms with E-state index in [9.17, 15) is 4.79 Å². The molecule has 1 aromatic carbocycles. The van der Waals surface area contributed by atoms with E-state index in [1.165, 1.54) is 11.3 Å². The molecule has 2 rings (SSSR count). The molecule has 116 valence electrons. The normalized spacial score (nSPS) is 18.3. The molecular formula is C17H27N3O. The summed E-state index contributed by atoms with van der Waals surface area (Å²) in [4.78, 5) is 14.4. The molecular weight excluding hydrogens is 262 g/mol. The molecule has 1 heterocycles. The number of aryl methyl sites for hydroxylation is 1. The number of carbonyl (C=O) groups is 1. The maximum absolute atomic E-state index is 12.1. The zero-order valence-electron chi connectivity index (χ0n) is 13.2. The minimum absolute atomic E-state index is 0.146. The van der Waals surface area contributed by atoms with E-state index in [2.05, 4.69) is 53.6 Å². The monoisotopic (exact) mass is 289 g/mol. The van der Waals surface area contributed by atoms with Crippen LogP contribution in [0.25, 0.3) is 0 Å². The first-order valence-electron chi connectivity index (χ1n) is 8.01. The SMILES string of the molecule is CCN(CCNC(=O)C1CCCNC1)c1ccccc1C. The molecule has 4 heteroatoms. The molecule has 1 aliphatic heterocycles. The van der Waals surface area contributed by atoms with Gasteiger partial charge in [-0.3, -0.25) is 4.79 Å². The van der Waals surface area contributed by atoms with Gasteiger partial charge in [0.15, 0.2) is 0 Å². The van der Waals surface area contributed by atoms with Gasteiger partial charge in [0.05, 0.1) is 5.92 Å². The Morgan fingerprint density at radius 2 is 2.24 bits per heavy atom. The average molecular weight is 289 g/mol. The number of amides is 1. The van der Waals surface area contributed by atoms with Gasteiger partial charge in [-0.1, -0.05) is 18.2 Å². The van der Waals surface area contributed by atoms with E-state index < -0.39 is 0 Å². The highest BCUT2D eigenvalue weighted by Crippen LogP contribution is 2.18. The van der Waals surface area contributed by atoms with Crippen molar-refractivity contribution in [3.8, 4) is 0 Å². The summed E-state index contributed by atoms with van der Waals surface area (Å²) < 4.78 is 0. The molecule has 21 heavy (non-hydrogen) atoms. The standard InChI is InChI=1S/C17H27N3O/c1-3-20(16-9-5-4-7-14(16)2)12-11-19-17(21)15-8-6-10-18-13-15/h4-5,7,9,15,18H,3,6,8,10-13H2,1-2H3,(H,19,21). The fraction of sp³-hybridized carbons (Fsp3) is 0.588. The van der Waals surface area contributed by atoms with Crippen LogP contribution in [-0.2, 0) is 4.79 Å². The molecule has 1 fully saturated rings. The van der Waals surface area contributed by atoms with Crippen LogP contribution in [0, 0.1) is 12.8 Å². The summed E-state index contributed by atoms with van der Waals surface area (Å²) in [5.41, 5.74) is 2.54. The third-order valence-corrected chi connectivity index (χ3v) is 4.19. The Balaban J connectivity index is 1.81. The first-order chi connectivity index (χ1) is 10.2. The highest BCUT2D eigenvalue weighted by Gasteiger charge is 2.20. The van der Waals surface area contributed by atoms with Crippen molar-refractivity contribution >= 4 is 11.6 Å². The van der Waals surface area contributed by atoms with Crippen molar-refractivity contribution in [1.29, 1.82) is 0 Å². The lowest BCUT2D eigenvalue weighted by Gasteiger charge is -2.26. The van der Waals surface area contributed by atoms with E-state index in [0.29, 0.717) is 6.54 Å². The van der Waals surface area contributed by atoms with Crippen LogP contribution in [0.3, 0.4) is 0 Å². The number of carbonyl (C=O) groups excluding carboxylic acids is 1. The van der Waals surface area contributed by atoms with Gasteiger partial charge in [0.25, 0.3) is 0 Å². The second kappa shape index (κ2) is 8.03. The number of rotatable bonds is 6. The maximum atomic E-state index is 12.1. The van der Waals surface area contributed by atoms with Gasteiger partial charge >= 0.3 is 0 Å². The summed E-state index contributed by atoms with van der Waals surface area (Å²) in [5, 5.41) is 6.37. The topological polar surface area (TPSA) is 44.4 Å². The lowest BCUT2D eigenvalue weighted by Crippen LogP contribution is -2.43. The number of anilines is 1. The van der Waals surface area contributed by atoms with Gasteiger partial charge in [0.1, 0.15) is 0 Å². The Labute approximate surface area is 127 Å². The number of nitrogens with one attached hydrogen (secondary N) is 2. The molecule has 1 aromatic rings. The van der Waals surface area contributed by atoms with Gasteiger partial charge in [-0.2, -0.15) is 0 Å². The largest absolute Gasteiger partial charge is 0.370 e. The Bertz CT molecular complexity index is 455. The summed E-state index contributed by atoms with van der Waals surface area (Å²) in [6.07, 6.45) is 2.11. The van der Waals surface area contributed by atoms with Crippen molar-refractivity contribution in [3.05, 3.63) is 29.8 Å². The Kier molecular flexibility index (Phi) is 6.05. The van der Waals surface area contributed by atoms with Crippen molar-refractivity contribution < 1.29 is 4.79 Å². The third kappa shape index (κ3) is 4.46. The molecule has 2 N–H and O–H groups in total. The van der Waals surface area contributed by atoms with Crippen LogP contribution in [0.5, 0.6) is 0 Å². The van der Waals surface area contributed by atoms with Crippen LogP contribution in [0.4, 0.5) is 5.69 Å². The van der Waals surface area contributed by atoms with Crippen LogP contribution < -0.4 is 15.5 Å². The van der Waals surface area contributed by atoms with Crippen molar-refractivity contribution in [2.75, 3.05) is 37.6 Å². The van der Waals surface area contributed by atoms with E-state index in [4.69, 9.17) is 0 Å². The van der Waals surface area contributed by atoms with Crippen molar-refractivity contribution in [2.24, 2.45) is 5.92 Å². The Morgan fingerprint density at radius 3 is 2.90 bits per heavy atom. The van der Waals surface area contributed by atoms with E-state index in [1.54, 1.807) is 0 Å². The fourth-order valence-corrected chi connectivity index (χ4v) is 2.90. The highest BCUT2D eigenvalue weighted by atomic mass is 16.1. The molecule has 0 aliphatic carbocycles. The van der Waals surface area contributed by atoms with Crippen LogP contribution in [0.1, 0.15) is 25.3 Å². The summed E-state index contributed by atoms with van der Waals surface area (Å²) in [7, 11) is 0. The summed E-state index contributed by atoms with van der Waals surface area (Å²) in [6.45, 7) is 8.65. The Morgan fingerprint density at radius 1 is 1.43 bits per heavy atom. The Hall–Kier alpha value is -1.55. The summed E-state index contributed by atoms with van der Waals surface area (Å²) >= 11 is 0. The van der Waals surface area contributed by atoms with Gasteiger partial charge in [-0.05, 0) is 44.9 Å². The van der Waals surface area contributed by atoms with Crippen LogP contribution >= 0.6 is 0 Å². The molecule has 0 aromatic heterocycles. The van der Waals surface area contributed by atoms with E-state index in [-0.39, 0.29) is 11.8 Å². The third-order valence-electron chi connectivity index (χ3n) is 4.19. The van der Waals surface area contributed by atoms with Crippen LogP contribution in [0.2, 0.25) is 0 Å². The van der Waals surface area contributed by atoms with E-state index in [1.807, 2.05) is 0 Å². The lowest BCUT2D eigenvalue weighted by atomic mass is 9.99. The van der Waals surface area contributed by atoms with Gasteiger partial charge < -0.3 is 15.5 Å². The zero-order valence-corrected chi connectivity index (χ0v) is 13.2. The van der Waals surface area contributed by atoms with Gasteiger partial charge in [0.2, 0.25) is 5.91 Å². The molecule has 0 radical (unpaired) electrons. The van der Waals surface area contributed by atoms with Gasteiger partial charge in [-0.25, -0.2) is 0 Å². The molecule has 1 aliphatic rings. The van der Waals surface area contributed by atoms with Gasteiger partial charge in [0, 0.05) is 31.9 Å². The molecule has 1 atom stereocenters. The van der Waals surface area contributed by atoms with E-state index >= 15 is 0 Å². The predicted molar refractivity (Wildman–Crippen MR) is 87.7 cm³/mol. The molecule has 1 unspecified atom stereocenters. The van der Waals surface area contributed by atoms with Crippen LogP contribution in [-0.4, -0.2) is 38.6 Å². The fourth-order valence-electron chi connectivity index (χ4n) is 2.90. The summed E-state index contributed by atoms with van der Waals surface area (Å²) in [5.74, 6) is 0.343. The number of benzene rings is 1. The second-order valence-corrected chi connectivity index (χ2v) is 5.70. The van der Waals surface area contributed by atoms with Crippen LogP contribution in [0.15, 0.2) is 24.3 Å². The van der Waals surface area contributed by atoms with Crippen molar-refractivity contribution in [2.45, 2.75) is 26.7 Å². The average Bonchev–Trinajstić information content (AvgIpc) is 2.53.